The quantitative estimate of drug-likeness (QED) is 0.917. The van der Waals surface area contributed by atoms with Crippen LogP contribution in [0.2, 0.25) is 0 Å². The topological polar surface area (TPSA) is 67.9 Å². The SMILES string of the molecule is CC(C)(C)OC(=O)NCC1CCCN1C(=O)OCc1ccccc1. The van der Waals surface area contributed by atoms with E-state index in [0.29, 0.717) is 13.1 Å². The summed E-state index contributed by atoms with van der Waals surface area (Å²) >= 11 is 0. The molecule has 0 saturated carbocycles. The molecule has 1 N–H and O–H groups in total. The van der Waals surface area contributed by atoms with Crippen molar-refractivity contribution in [2.24, 2.45) is 0 Å². The summed E-state index contributed by atoms with van der Waals surface area (Å²) in [5.41, 5.74) is 0.419. The molecule has 6 heteroatoms. The minimum atomic E-state index is -0.534. The number of carbonyl (C=O) groups is 2. The van der Waals surface area contributed by atoms with E-state index in [1.807, 2.05) is 51.1 Å². The number of ether oxygens (including phenoxy) is 2. The zero-order valence-electron chi connectivity index (χ0n) is 14.6. The molecule has 1 atom stereocenters. The van der Waals surface area contributed by atoms with Crippen molar-refractivity contribution < 1.29 is 19.1 Å². The molecular formula is C18H26N2O4. The summed E-state index contributed by atoms with van der Waals surface area (Å²) in [5.74, 6) is 0. The second-order valence-electron chi connectivity index (χ2n) is 6.91. The Labute approximate surface area is 143 Å². The van der Waals surface area contributed by atoms with Gasteiger partial charge in [0, 0.05) is 13.1 Å². The van der Waals surface area contributed by atoms with E-state index in [-0.39, 0.29) is 18.7 Å². The van der Waals surface area contributed by atoms with E-state index in [1.165, 1.54) is 0 Å². The van der Waals surface area contributed by atoms with E-state index in [4.69, 9.17) is 9.47 Å². The molecule has 132 valence electrons. The lowest BCUT2D eigenvalue weighted by Gasteiger charge is -2.25. The van der Waals surface area contributed by atoms with Crippen molar-refractivity contribution in [3.05, 3.63) is 35.9 Å². The number of alkyl carbamates (subject to hydrolysis) is 1. The number of amides is 2. The molecule has 1 heterocycles. The fourth-order valence-corrected chi connectivity index (χ4v) is 2.61. The summed E-state index contributed by atoms with van der Waals surface area (Å²) < 4.78 is 10.6. The van der Waals surface area contributed by atoms with Gasteiger partial charge in [-0.2, -0.15) is 0 Å². The summed E-state index contributed by atoms with van der Waals surface area (Å²) in [6.07, 6.45) is 0.941. The number of likely N-dealkylation sites (tertiary alicyclic amines) is 1. The smallest absolute Gasteiger partial charge is 0.410 e. The summed E-state index contributed by atoms with van der Waals surface area (Å²) in [6, 6.07) is 9.52. The van der Waals surface area contributed by atoms with Crippen molar-refractivity contribution in [1.29, 1.82) is 0 Å². The van der Waals surface area contributed by atoms with Crippen molar-refractivity contribution in [2.45, 2.75) is 51.9 Å². The van der Waals surface area contributed by atoms with Crippen molar-refractivity contribution in [3.63, 3.8) is 0 Å². The number of nitrogens with zero attached hydrogens (tertiary/aromatic N) is 1. The fourth-order valence-electron chi connectivity index (χ4n) is 2.61. The number of hydrogen-bond acceptors (Lipinski definition) is 4. The van der Waals surface area contributed by atoms with E-state index < -0.39 is 11.7 Å². The Bertz CT molecular complexity index is 554. The van der Waals surface area contributed by atoms with Gasteiger partial charge in [-0.15, -0.1) is 0 Å². The first-order valence-corrected chi connectivity index (χ1v) is 8.29. The third-order valence-corrected chi connectivity index (χ3v) is 3.70. The van der Waals surface area contributed by atoms with E-state index in [9.17, 15) is 9.59 Å². The van der Waals surface area contributed by atoms with Crippen LogP contribution in [0.3, 0.4) is 0 Å². The highest BCUT2D eigenvalue weighted by molar-refractivity contribution is 5.69. The van der Waals surface area contributed by atoms with Crippen LogP contribution in [0, 0.1) is 0 Å². The first-order valence-electron chi connectivity index (χ1n) is 8.29. The zero-order chi connectivity index (χ0) is 17.6. The van der Waals surface area contributed by atoms with Gasteiger partial charge in [0.1, 0.15) is 12.2 Å². The van der Waals surface area contributed by atoms with Gasteiger partial charge >= 0.3 is 12.2 Å². The van der Waals surface area contributed by atoms with Crippen LogP contribution in [0.15, 0.2) is 30.3 Å². The minimum Gasteiger partial charge on any atom is -0.445 e. The number of hydrogen-bond donors (Lipinski definition) is 1. The van der Waals surface area contributed by atoms with Crippen LogP contribution in [0.5, 0.6) is 0 Å². The van der Waals surface area contributed by atoms with E-state index in [1.54, 1.807) is 4.90 Å². The second kappa shape index (κ2) is 8.04. The lowest BCUT2D eigenvalue weighted by molar-refractivity contribution is 0.0502. The third-order valence-electron chi connectivity index (χ3n) is 3.70. The van der Waals surface area contributed by atoms with Gasteiger partial charge in [0.25, 0.3) is 0 Å². The monoisotopic (exact) mass is 334 g/mol. The molecule has 2 rings (SSSR count). The zero-order valence-corrected chi connectivity index (χ0v) is 14.6. The molecule has 1 unspecified atom stereocenters. The van der Waals surface area contributed by atoms with Crippen molar-refractivity contribution in [1.82, 2.24) is 10.2 Å². The molecule has 24 heavy (non-hydrogen) atoms. The Balaban J connectivity index is 1.79. The van der Waals surface area contributed by atoms with Crippen molar-refractivity contribution in [3.8, 4) is 0 Å². The maximum absolute atomic E-state index is 12.3. The lowest BCUT2D eigenvalue weighted by atomic mass is 10.2. The molecule has 1 aliphatic rings. The Kier molecular flexibility index (Phi) is 6.06. The molecule has 0 radical (unpaired) electrons. The lowest BCUT2D eigenvalue weighted by Crippen LogP contribution is -2.44. The van der Waals surface area contributed by atoms with Crippen molar-refractivity contribution in [2.75, 3.05) is 13.1 Å². The van der Waals surface area contributed by atoms with Gasteiger partial charge in [-0.05, 0) is 39.2 Å². The molecule has 1 fully saturated rings. The van der Waals surface area contributed by atoms with E-state index in [0.717, 1.165) is 18.4 Å². The summed E-state index contributed by atoms with van der Waals surface area (Å²) in [4.78, 5) is 25.7. The normalized spacial score (nSPS) is 17.5. The number of benzene rings is 1. The molecule has 1 saturated heterocycles. The first kappa shape index (κ1) is 18.1. The second-order valence-corrected chi connectivity index (χ2v) is 6.91. The molecule has 1 aliphatic heterocycles. The molecule has 0 bridgehead atoms. The Hall–Kier alpha value is -2.24. The van der Waals surface area contributed by atoms with Crippen molar-refractivity contribution >= 4 is 12.2 Å². The van der Waals surface area contributed by atoms with Gasteiger partial charge in [0.15, 0.2) is 0 Å². The van der Waals surface area contributed by atoms with Crippen LogP contribution in [0.4, 0.5) is 9.59 Å². The van der Waals surface area contributed by atoms with E-state index >= 15 is 0 Å². The van der Waals surface area contributed by atoms with E-state index in [2.05, 4.69) is 5.32 Å². The maximum Gasteiger partial charge on any atom is 0.410 e. The number of rotatable bonds is 4. The molecule has 0 spiro atoms. The average Bonchev–Trinajstić information content (AvgIpc) is 2.98. The maximum atomic E-state index is 12.3. The number of carbonyl (C=O) groups excluding carboxylic acids is 2. The largest absolute Gasteiger partial charge is 0.445 e. The Morgan fingerprint density at radius 3 is 2.62 bits per heavy atom. The van der Waals surface area contributed by atoms with Gasteiger partial charge in [-0.3, -0.25) is 0 Å². The van der Waals surface area contributed by atoms with Crippen LogP contribution in [-0.4, -0.2) is 41.8 Å². The van der Waals surface area contributed by atoms with Crippen LogP contribution >= 0.6 is 0 Å². The highest BCUT2D eigenvalue weighted by Gasteiger charge is 2.30. The van der Waals surface area contributed by atoms with Crippen LogP contribution < -0.4 is 5.32 Å². The van der Waals surface area contributed by atoms with Gasteiger partial charge in [-0.25, -0.2) is 9.59 Å². The molecule has 0 aromatic heterocycles. The van der Waals surface area contributed by atoms with Gasteiger partial charge in [0.05, 0.1) is 6.04 Å². The molecule has 0 aliphatic carbocycles. The molecule has 1 aromatic rings. The highest BCUT2D eigenvalue weighted by Crippen LogP contribution is 2.18. The first-order chi connectivity index (χ1) is 11.3. The van der Waals surface area contributed by atoms with Crippen LogP contribution in [0.25, 0.3) is 0 Å². The van der Waals surface area contributed by atoms with Crippen LogP contribution in [0.1, 0.15) is 39.2 Å². The molecular weight excluding hydrogens is 308 g/mol. The fraction of sp³-hybridized carbons (Fsp3) is 0.556. The van der Waals surface area contributed by atoms with Crippen LogP contribution in [-0.2, 0) is 16.1 Å². The van der Waals surface area contributed by atoms with Gasteiger partial charge in [0.2, 0.25) is 0 Å². The summed E-state index contributed by atoms with van der Waals surface area (Å²) in [6.45, 7) is 6.71. The predicted molar refractivity (Wildman–Crippen MR) is 90.6 cm³/mol. The highest BCUT2D eigenvalue weighted by atomic mass is 16.6. The standard InChI is InChI=1S/C18H26N2O4/c1-18(2,3)24-16(21)19-12-15-10-7-11-20(15)17(22)23-13-14-8-5-4-6-9-14/h4-6,8-9,15H,7,10-13H2,1-3H3,(H,19,21). The predicted octanol–water partition coefficient (Wildman–Crippen LogP) is 3.31. The molecule has 6 nitrogen and oxygen atoms in total. The summed E-state index contributed by atoms with van der Waals surface area (Å²) in [5, 5.41) is 2.73. The number of nitrogens with one attached hydrogen (secondary N) is 1. The minimum absolute atomic E-state index is 0.0548. The summed E-state index contributed by atoms with van der Waals surface area (Å²) in [7, 11) is 0. The average molecular weight is 334 g/mol. The Morgan fingerprint density at radius 1 is 1.25 bits per heavy atom. The van der Waals surface area contributed by atoms with Gasteiger partial charge < -0.3 is 19.7 Å². The third kappa shape index (κ3) is 5.76. The van der Waals surface area contributed by atoms with Gasteiger partial charge in [-0.1, -0.05) is 30.3 Å². The Morgan fingerprint density at radius 2 is 1.96 bits per heavy atom. The molecule has 1 aromatic carbocycles. The molecule has 2 amide bonds.